The van der Waals surface area contributed by atoms with Crippen LogP contribution < -0.4 is 5.73 Å². The molecule has 2 N–H and O–H groups in total. The zero-order chi connectivity index (χ0) is 16.5. The topological polar surface area (TPSA) is 38.9 Å². The van der Waals surface area contributed by atoms with Gasteiger partial charge in [-0.15, -0.1) is 0 Å². The summed E-state index contributed by atoms with van der Waals surface area (Å²) in [7, 11) is 0. The molecule has 2 nitrogen and oxygen atoms in total. The number of rotatable bonds is 7. The van der Waals surface area contributed by atoms with Gasteiger partial charge in [0.2, 0.25) is 0 Å². The van der Waals surface area contributed by atoms with Crippen molar-refractivity contribution in [2.24, 2.45) is 17.6 Å². The van der Waals surface area contributed by atoms with Crippen molar-refractivity contribution >= 4 is 0 Å². The van der Waals surface area contributed by atoms with E-state index in [0.29, 0.717) is 5.92 Å². The Balaban J connectivity index is 1.78. The molecule has 0 fully saturated rings. The Bertz CT molecular complexity index is 492. The maximum Gasteiger partial charge on any atom is 0.0302 e. The number of hydrogen-bond acceptors (Lipinski definition) is 2. The molecule has 2 heteroatoms. The Morgan fingerprint density at radius 3 is 3.00 bits per heavy atom. The number of pyridine rings is 1. The number of nitrogens with zero attached hydrogens (tertiary/aromatic N) is 1. The van der Waals surface area contributed by atoms with Crippen molar-refractivity contribution in [1.29, 1.82) is 0 Å². The maximum absolute atomic E-state index is 5.73. The van der Waals surface area contributed by atoms with E-state index >= 15 is 0 Å². The normalized spacial score (nSPS) is 20.5. The first-order chi connectivity index (χ1) is 11.2. The van der Waals surface area contributed by atoms with Gasteiger partial charge in [0, 0.05) is 12.4 Å². The van der Waals surface area contributed by atoms with E-state index in [1.54, 1.807) is 5.57 Å². The molecule has 128 valence electrons. The average molecular weight is 315 g/mol. The van der Waals surface area contributed by atoms with Crippen LogP contribution in [0.5, 0.6) is 0 Å². The molecule has 0 radical (unpaired) electrons. The second-order valence-corrected chi connectivity index (χ2v) is 7.29. The fourth-order valence-electron chi connectivity index (χ4n) is 3.82. The Labute approximate surface area is 142 Å². The molecule has 2 rings (SSSR count). The molecule has 0 saturated heterocycles. The second kappa shape index (κ2) is 9.87. The minimum atomic E-state index is 0.678. The van der Waals surface area contributed by atoms with Gasteiger partial charge in [-0.1, -0.05) is 31.4 Å². The summed E-state index contributed by atoms with van der Waals surface area (Å²) in [6.45, 7) is 5.36. The van der Waals surface area contributed by atoms with Crippen LogP contribution in [0, 0.1) is 18.8 Å². The van der Waals surface area contributed by atoms with Gasteiger partial charge >= 0.3 is 0 Å². The lowest BCUT2D eigenvalue weighted by molar-refractivity contribution is 0.383. The van der Waals surface area contributed by atoms with Gasteiger partial charge in [0.15, 0.2) is 0 Å². The summed E-state index contributed by atoms with van der Waals surface area (Å²) >= 11 is 0. The van der Waals surface area contributed by atoms with Gasteiger partial charge in [0.25, 0.3) is 0 Å². The van der Waals surface area contributed by atoms with Crippen LogP contribution in [0.4, 0.5) is 0 Å². The standard InChI is InChI=1S/C21H34N2/c1-17(12-14-22)20-8-4-3-6-19(10-11-20)7-5-9-21-16-23-15-13-18(21)2/h8,13,15-17,19H,3-7,9-12,14,22H2,1-2H3. The van der Waals surface area contributed by atoms with Gasteiger partial charge in [-0.2, -0.15) is 0 Å². The maximum atomic E-state index is 5.73. The van der Waals surface area contributed by atoms with Crippen LogP contribution in [-0.4, -0.2) is 11.5 Å². The minimum absolute atomic E-state index is 0.678. The Kier molecular flexibility index (Phi) is 7.81. The highest BCUT2D eigenvalue weighted by molar-refractivity contribution is 5.21. The lowest BCUT2D eigenvalue weighted by atomic mass is 9.83. The third kappa shape index (κ3) is 6.10. The van der Waals surface area contributed by atoms with Crippen molar-refractivity contribution in [3.05, 3.63) is 41.2 Å². The van der Waals surface area contributed by atoms with Crippen molar-refractivity contribution in [1.82, 2.24) is 4.98 Å². The average Bonchev–Trinajstić information content (AvgIpc) is 2.51. The number of aryl methyl sites for hydroxylation is 2. The van der Waals surface area contributed by atoms with E-state index in [0.717, 1.165) is 18.9 Å². The van der Waals surface area contributed by atoms with E-state index in [-0.39, 0.29) is 0 Å². The lowest BCUT2D eigenvalue weighted by Crippen LogP contribution is -2.11. The molecule has 0 aromatic carbocycles. The van der Waals surface area contributed by atoms with E-state index in [4.69, 9.17) is 5.73 Å². The predicted octanol–water partition coefficient (Wildman–Crippen LogP) is 5.20. The molecule has 2 unspecified atom stereocenters. The van der Waals surface area contributed by atoms with Crippen LogP contribution in [0.25, 0.3) is 0 Å². The molecule has 0 saturated carbocycles. The van der Waals surface area contributed by atoms with Crippen LogP contribution in [0.3, 0.4) is 0 Å². The van der Waals surface area contributed by atoms with Crippen LogP contribution in [0.1, 0.15) is 69.4 Å². The monoisotopic (exact) mass is 314 g/mol. The third-order valence-electron chi connectivity index (χ3n) is 5.50. The van der Waals surface area contributed by atoms with Gasteiger partial charge in [-0.05, 0) is 87.4 Å². The van der Waals surface area contributed by atoms with Gasteiger partial charge in [-0.3, -0.25) is 4.98 Å². The smallest absolute Gasteiger partial charge is 0.0302 e. The zero-order valence-electron chi connectivity index (χ0n) is 15.1. The quantitative estimate of drug-likeness (QED) is 0.702. The number of hydrogen-bond donors (Lipinski definition) is 1. The summed E-state index contributed by atoms with van der Waals surface area (Å²) in [5, 5.41) is 0. The summed E-state index contributed by atoms with van der Waals surface area (Å²) in [4.78, 5) is 4.27. The van der Waals surface area contributed by atoms with Gasteiger partial charge in [0.05, 0.1) is 0 Å². The van der Waals surface area contributed by atoms with E-state index in [1.165, 1.54) is 62.5 Å². The molecule has 1 aromatic heterocycles. The minimum Gasteiger partial charge on any atom is -0.330 e. The van der Waals surface area contributed by atoms with E-state index in [2.05, 4.69) is 31.0 Å². The van der Waals surface area contributed by atoms with E-state index < -0.39 is 0 Å². The van der Waals surface area contributed by atoms with Gasteiger partial charge < -0.3 is 5.73 Å². The summed E-state index contributed by atoms with van der Waals surface area (Å²) in [6, 6.07) is 2.13. The molecule has 2 atom stereocenters. The highest BCUT2D eigenvalue weighted by atomic mass is 14.6. The van der Waals surface area contributed by atoms with Crippen LogP contribution >= 0.6 is 0 Å². The predicted molar refractivity (Wildman–Crippen MR) is 99.4 cm³/mol. The SMILES string of the molecule is Cc1ccncc1CCCC1CCCC=C(C(C)CCN)CC1. The second-order valence-electron chi connectivity index (χ2n) is 7.29. The summed E-state index contributed by atoms with van der Waals surface area (Å²) < 4.78 is 0. The van der Waals surface area contributed by atoms with Crippen molar-refractivity contribution in [2.45, 2.75) is 71.6 Å². The molecular formula is C21H34N2. The van der Waals surface area contributed by atoms with Crippen molar-refractivity contribution < 1.29 is 0 Å². The van der Waals surface area contributed by atoms with Crippen molar-refractivity contribution in [3.8, 4) is 0 Å². The number of allylic oxidation sites excluding steroid dienone is 2. The fourth-order valence-corrected chi connectivity index (χ4v) is 3.82. The zero-order valence-corrected chi connectivity index (χ0v) is 15.1. The van der Waals surface area contributed by atoms with Crippen LogP contribution in [0.15, 0.2) is 30.1 Å². The summed E-state index contributed by atoms with van der Waals surface area (Å²) in [5.74, 6) is 1.58. The fraction of sp³-hybridized carbons (Fsp3) is 0.667. The van der Waals surface area contributed by atoms with Gasteiger partial charge in [-0.25, -0.2) is 0 Å². The molecule has 1 aliphatic rings. The van der Waals surface area contributed by atoms with Crippen molar-refractivity contribution in [2.75, 3.05) is 6.54 Å². The molecule has 1 heterocycles. The third-order valence-corrected chi connectivity index (χ3v) is 5.50. The first-order valence-corrected chi connectivity index (χ1v) is 9.49. The number of aromatic nitrogens is 1. The summed E-state index contributed by atoms with van der Waals surface area (Å²) in [6.07, 6.45) is 18.1. The largest absolute Gasteiger partial charge is 0.330 e. The highest BCUT2D eigenvalue weighted by Crippen LogP contribution is 2.30. The molecule has 0 spiro atoms. The Morgan fingerprint density at radius 1 is 1.35 bits per heavy atom. The molecule has 23 heavy (non-hydrogen) atoms. The Hall–Kier alpha value is -1.15. The molecule has 0 amide bonds. The van der Waals surface area contributed by atoms with E-state index in [9.17, 15) is 0 Å². The Morgan fingerprint density at radius 2 is 2.22 bits per heavy atom. The molecular weight excluding hydrogens is 280 g/mol. The van der Waals surface area contributed by atoms with Crippen LogP contribution in [0.2, 0.25) is 0 Å². The lowest BCUT2D eigenvalue weighted by Gasteiger charge is -2.23. The first-order valence-electron chi connectivity index (χ1n) is 9.49. The van der Waals surface area contributed by atoms with Crippen LogP contribution in [-0.2, 0) is 6.42 Å². The highest BCUT2D eigenvalue weighted by Gasteiger charge is 2.15. The molecule has 0 aliphatic heterocycles. The van der Waals surface area contributed by atoms with E-state index in [1.807, 2.05) is 12.4 Å². The van der Waals surface area contributed by atoms with Crippen molar-refractivity contribution in [3.63, 3.8) is 0 Å². The number of nitrogens with two attached hydrogens (primary N) is 1. The first kappa shape index (κ1) is 18.2. The molecule has 0 bridgehead atoms. The van der Waals surface area contributed by atoms with Gasteiger partial charge in [0.1, 0.15) is 0 Å². The molecule has 1 aromatic rings. The summed E-state index contributed by atoms with van der Waals surface area (Å²) in [5.41, 5.74) is 10.2. The molecule has 1 aliphatic carbocycles.